The van der Waals surface area contributed by atoms with Crippen molar-refractivity contribution < 1.29 is 9.13 Å². The number of benzene rings is 1. The first-order valence-corrected chi connectivity index (χ1v) is 8.61. The number of halogens is 1. The topological polar surface area (TPSA) is 51.1 Å². The first-order chi connectivity index (χ1) is 12.8. The third-order valence-corrected chi connectivity index (χ3v) is 4.40. The van der Waals surface area contributed by atoms with Crippen LogP contribution in [0.3, 0.4) is 0 Å². The van der Waals surface area contributed by atoms with Gasteiger partial charge in [-0.2, -0.15) is 0 Å². The molecule has 0 amide bonds. The summed E-state index contributed by atoms with van der Waals surface area (Å²) in [5, 5.41) is 0. The summed E-state index contributed by atoms with van der Waals surface area (Å²) in [6, 6.07) is 12.4. The number of pyridine rings is 1. The van der Waals surface area contributed by atoms with Gasteiger partial charge in [0.1, 0.15) is 11.9 Å². The zero-order valence-corrected chi connectivity index (χ0v) is 14.3. The van der Waals surface area contributed by atoms with Crippen molar-refractivity contribution >= 4 is 5.95 Å². The van der Waals surface area contributed by atoms with E-state index in [2.05, 4.69) is 19.9 Å². The SMILES string of the molecule is Fc1ccc(Cc2ccc([C@H]3CN(c4ncccn4)CCO3)nc2)cc1. The Morgan fingerprint density at radius 2 is 1.77 bits per heavy atom. The summed E-state index contributed by atoms with van der Waals surface area (Å²) in [7, 11) is 0. The lowest BCUT2D eigenvalue weighted by atomic mass is 10.1. The third-order valence-electron chi connectivity index (χ3n) is 4.40. The minimum absolute atomic E-state index is 0.104. The van der Waals surface area contributed by atoms with Crippen LogP contribution in [-0.4, -0.2) is 34.6 Å². The molecule has 2 aromatic heterocycles. The summed E-state index contributed by atoms with van der Waals surface area (Å²) in [4.78, 5) is 15.3. The van der Waals surface area contributed by atoms with Crippen LogP contribution in [0.15, 0.2) is 61.1 Å². The Hall–Kier alpha value is -2.86. The van der Waals surface area contributed by atoms with Gasteiger partial charge >= 0.3 is 0 Å². The number of morpholine rings is 1. The first kappa shape index (κ1) is 16.6. The summed E-state index contributed by atoms with van der Waals surface area (Å²) >= 11 is 0. The average Bonchev–Trinajstić information content (AvgIpc) is 2.71. The van der Waals surface area contributed by atoms with Gasteiger partial charge in [-0.3, -0.25) is 4.98 Å². The molecule has 1 aromatic carbocycles. The Balaban J connectivity index is 1.43. The molecule has 3 heterocycles. The van der Waals surface area contributed by atoms with E-state index in [1.807, 2.05) is 24.4 Å². The molecule has 4 rings (SSSR count). The van der Waals surface area contributed by atoms with Gasteiger partial charge in [0.05, 0.1) is 18.8 Å². The van der Waals surface area contributed by atoms with Crippen molar-refractivity contribution in [3.05, 3.63) is 83.7 Å². The van der Waals surface area contributed by atoms with E-state index >= 15 is 0 Å². The molecule has 0 spiro atoms. The Labute approximate surface area is 151 Å². The van der Waals surface area contributed by atoms with E-state index in [0.29, 0.717) is 19.1 Å². The second kappa shape index (κ2) is 7.58. The van der Waals surface area contributed by atoms with Crippen molar-refractivity contribution in [2.24, 2.45) is 0 Å². The van der Waals surface area contributed by atoms with Gasteiger partial charge in [0, 0.05) is 25.1 Å². The fraction of sp³-hybridized carbons (Fsp3) is 0.250. The smallest absolute Gasteiger partial charge is 0.225 e. The second-order valence-corrected chi connectivity index (χ2v) is 6.25. The predicted molar refractivity (Wildman–Crippen MR) is 96.4 cm³/mol. The Morgan fingerprint density at radius 3 is 2.50 bits per heavy atom. The summed E-state index contributed by atoms with van der Waals surface area (Å²) in [6.07, 6.45) is 5.97. The van der Waals surface area contributed by atoms with Gasteiger partial charge in [-0.1, -0.05) is 18.2 Å². The number of anilines is 1. The lowest BCUT2D eigenvalue weighted by Gasteiger charge is -2.32. The molecule has 0 radical (unpaired) electrons. The highest BCUT2D eigenvalue weighted by Crippen LogP contribution is 2.23. The Kier molecular flexibility index (Phi) is 4.84. The largest absolute Gasteiger partial charge is 0.368 e. The van der Waals surface area contributed by atoms with Crippen molar-refractivity contribution in [1.29, 1.82) is 0 Å². The molecule has 132 valence electrons. The van der Waals surface area contributed by atoms with E-state index in [4.69, 9.17) is 4.74 Å². The van der Waals surface area contributed by atoms with Gasteiger partial charge in [0.2, 0.25) is 5.95 Å². The minimum Gasteiger partial charge on any atom is -0.368 e. The summed E-state index contributed by atoms with van der Waals surface area (Å²) < 4.78 is 18.9. The van der Waals surface area contributed by atoms with Gasteiger partial charge in [-0.05, 0) is 41.8 Å². The van der Waals surface area contributed by atoms with Crippen LogP contribution in [0, 0.1) is 5.82 Å². The number of hydrogen-bond donors (Lipinski definition) is 0. The highest BCUT2D eigenvalue weighted by molar-refractivity contribution is 5.31. The van der Waals surface area contributed by atoms with E-state index in [1.54, 1.807) is 24.5 Å². The zero-order chi connectivity index (χ0) is 17.8. The first-order valence-electron chi connectivity index (χ1n) is 8.61. The van der Waals surface area contributed by atoms with Crippen molar-refractivity contribution in [2.75, 3.05) is 24.6 Å². The minimum atomic E-state index is -0.219. The van der Waals surface area contributed by atoms with Gasteiger partial charge < -0.3 is 9.64 Å². The van der Waals surface area contributed by atoms with Crippen LogP contribution in [0.4, 0.5) is 10.3 Å². The van der Waals surface area contributed by atoms with Crippen molar-refractivity contribution in [2.45, 2.75) is 12.5 Å². The van der Waals surface area contributed by atoms with Crippen LogP contribution < -0.4 is 4.90 Å². The molecule has 5 nitrogen and oxygen atoms in total. The van der Waals surface area contributed by atoms with Gasteiger partial charge in [-0.25, -0.2) is 14.4 Å². The summed E-state index contributed by atoms with van der Waals surface area (Å²) in [5.41, 5.74) is 3.04. The predicted octanol–water partition coefficient (Wildman–Crippen LogP) is 3.18. The van der Waals surface area contributed by atoms with E-state index < -0.39 is 0 Å². The number of ether oxygens (including phenoxy) is 1. The molecule has 1 aliphatic rings. The van der Waals surface area contributed by atoms with Crippen LogP contribution in [0.25, 0.3) is 0 Å². The number of nitrogens with zero attached hydrogens (tertiary/aromatic N) is 4. The van der Waals surface area contributed by atoms with Gasteiger partial charge in [0.25, 0.3) is 0 Å². The maximum absolute atomic E-state index is 13.0. The van der Waals surface area contributed by atoms with Crippen LogP contribution in [0.2, 0.25) is 0 Å². The van der Waals surface area contributed by atoms with Crippen LogP contribution in [0.5, 0.6) is 0 Å². The van der Waals surface area contributed by atoms with E-state index in [-0.39, 0.29) is 11.9 Å². The maximum Gasteiger partial charge on any atom is 0.225 e. The molecule has 0 saturated carbocycles. The van der Waals surface area contributed by atoms with Crippen LogP contribution in [-0.2, 0) is 11.2 Å². The fourth-order valence-corrected chi connectivity index (χ4v) is 3.03. The Morgan fingerprint density at radius 1 is 1.00 bits per heavy atom. The molecule has 0 unspecified atom stereocenters. The number of hydrogen-bond acceptors (Lipinski definition) is 5. The summed E-state index contributed by atoms with van der Waals surface area (Å²) in [6.45, 7) is 2.05. The second-order valence-electron chi connectivity index (χ2n) is 6.25. The molecule has 6 heteroatoms. The van der Waals surface area contributed by atoms with Crippen molar-refractivity contribution in [1.82, 2.24) is 15.0 Å². The van der Waals surface area contributed by atoms with E-state index in [9.17, 15) is 4.39 Å². The summed E-state index contributed by atoms with van der Waals surface area (Å²) in [5.74, 6) is 0.498. The molecular weight excluding hydrogens is 331 g/mol. The van der Waals surface area contributed by atoms with E-state index in [1.165, 1.54) is 12.1 Å². The van der Waals surface area contributed by atoms with Crippen molar-refractivity contribution in [3.8, 4) is 0 Å². The molecule has 0 N–H and O–H groups in total. The van der Waals surface area contributed by atoms with E-state index in [0.717, 1.165) is 29.8 Å². The molecule has 26 heavy (non-hydrogen) atoms. The monoisotopic (exact) mass is 350 g/mol. The average molecular weight is 350 g/mol. The molecule has 1 fully saturated rings. The number of aromatic nitrogens is 3. The third kappa shape index (κ3) is 3.86. The lowest BCUT2D eigenvalue weighted by Crippen LogP contribution is -2.39. The van der Waals surface area contributed by atoms with Gasteiger partial charge in [0.15, 0.2) is 0 Å². The quantitative estimate of drug-likeness (QED) is 0.723. The maximum atomic E-state index is 13.0. The standard InChI is InChI=1S/C20H19FN4O/c21-17-5-2-15(3-6-17)12-16-4-7-18(24-13-16)19-14-25(10-11-26-19)20-22-8-1-9-23-20/h1-9,13,19H,10-12,14H2/t19-/m1/s1. The highest BCUT2D eigenvalue weighted by Gasteiger charge is 2.24. The Bertz CT molecular complexity index is 840. The molecule has 0 bridgehead atoms. The highest BCUT2D eigenvalue weighted by atomic mass is 19.1. The number of rotatable bonds is 4. The van der Waals surface area contributed by atoms with Crippen LogP contribution >= 0.6 is 0 Å². The van der Waals surface area contributed by atoms with Gasteiger partial charge in [-0.15, -0.1) is 0 Å². The zero-order valence-electron chi connectivity index (χ0n) is 14.3. The molecule has 1 atom stereocenters. The molecule has 1 aliphatic heterocycles. The molecular formula is C20H19FN4O. The fourth-order valence-electron chi connectivity index (χ4n) is 3.03. The normalized spacial score (nSPS) is 17.3. The molecule has 1 saturated heterocycles. The molecule has 0 aliphatic carbocycles. The lowest BCUT2D eigenvalue weighted by molar-refractivity contribution is 0.0364. The van der Waals surface area contributed by atoms with Crippen LogP contribution in [0.1, 0.15) is 22.9 Å². The van der Waals surface area contributed by atoms with Crippen molar-refractivity contribution in [3.63, 3.8) is 0 Å². The molecule has 3 aromatic rings.